The number of imide groups is 1. The number of aromatic nitrogens is 1. The van der Waals surface area contributed by atoms with E-state index in [4.69, 9.17) is 0 Å². The number of halogens is 1. The number of carboxylic acids is 1. The first kappa shape index (κ1) is 25.1. The minimum Gasteiger partial charge on any atom is -0.545 e. The number of pyridine rings is 1. The lowest BCUT2D eigenvalue weighted by molar-refractivity contribution is -0.394. The molecule has 0 saturated heterocycles. The molecule has 0 N–H and O–H groups in total. The van der Waals surface area contributed by atoms with Gasteiger partial charge in [0.15, 0.2) is 0 Å². The van der Waals surface area contributed by atoms with E-state index in [-0.39, 0.29) is 11.2 Å². The van der Waals surface area contributed by atoms with Crippen LogP contribution in [0.2, 0.25) is 0 Å². The molecule has 4 aromatic rings. The first-order valence-corrected chi connectivity index (χ1v) is 11.1. The van der Waals surface area contributed by atoms with Gasteiger partial charge in [0, 0.05) is 33.2 Å². The predicted molar refractivity (Wildman–Crippen MR) is 131 cm³/mol. The zero-order valence-corrected chi connectivity index (χ0v) is 19.9. The third-order valence-electron chi connectivity index (χ3n) is 5.29. The Bertz CT molecular complexity index is 1640. The summed E-state index contributed by atoms with van der Waals surface area (Å²) >= 11 is 3.30. The van der Waals surface area contributed by atoms with Gasteiger partial charge in [-0.3, -0.25) is 34.8 Å². The van der Waals surface area contributed by atoms with Gasteiger partial charge in [0.05, 0.1) is 33.1 Å². The fraction of sp³-hybridized carbons (Fsp3) is 0. The Hall–Kier alpha value is -5.04. The third-order valence-corrected chi connectivity index (χ3v) is 5.75. The fourth-order valence-electron chi connectivity index (χ4n) is 3.67. The van der Waals surface area contributed by atoms with Crippen LogP contribution < -0.4 is 10.0 Å². The second-order valence-corrected chi connectivity index (χ2v) is 8.41. The van der Waals surface area contributed by atoms with Crippen molar-refractivity contribution >= 4 is 61.7 Å². The van der Waals surface area contributed by atoms with Gasteiger partial charge in [0.1, 0.15) is 5.56 Å². The van der Waals surface area contributed by atoms with E-state index in [0.29, 0.717) is 20.8 Å². The SMILES string of the molecule is O=C([O-])c1ccccc1C(=O)N(C(=O)c1ccc([N+](=O)[O-])cc1[N+](=O)[O-])c1cc(Br)cc2cccnc12. The lowest BCUT2D eigenvalue weighted by atomic mass is 10.0. The monoisotopic (exact) mass is 563 g/mol. The number of amides is 2. The van der Waals surface area contributed by atoms with Gasteiger partial charge >= 0.3 is 0 Å². The number of nitrogens with zero attached hydrogens (tertiary/aromatic N) is 4. The highest BCUT2D eigenvalue weighted by Gasteiger charge is 2.34. The summed E-state index contributed by atoms with van der Waals surface area (Å²) in [4.78, 5) is 65.1. The van der Waals surface area contributed by atoms with Crippen molar-refractivity contribution < 1.29 is 29.3 Å². The topological polar surface area (TPSA) is 177 Å². The molecule has 0 unspecified atom stereocenters. The van der Waals surface area contributed by atoms with Gasteiger partial charge in [0.2, 0.25) is 0 Å². The van der Waals surface area contributed by atoms with Gasteiger partial charge in [-0.15, -0.1) is 0 Å². The summed E-state index contributed by atoms with van der Waals surface area (Å²) in [5.74, 6) is -4.05. The Kier molecular flexibility index (Phi) is 6.71. The molecule has 4 rings (SSSR count). The van der Waals surface area contributed by atoms with Gasteiger partial charge in [-0.05, 0) is 30.3 Å². The first-order valence-electron chi connectivity index (χ1n) is 10.3. The zero-order valence-electron chi connectivity index (χ0n) is 18.4. The number of hydrogen-bond donors (Lipinski definition) is 0. The summed E-state index contributed by atoms with van der Waals surface area (Å²) in [6.45, 7) is 0. The van der Waals surface area contributed by atoms with E-state index >= 15 is 0 Å². The number of carboxylic acid groups (broad SMARTS) is 1. The van der Waals surface area contributed by atoms with E-state index in [9.17, 15) is 39.7 Å². The van der Waals surface area contributed by atoms with Crippen LogP contribution in [0.25, 0.3) is 10.9 Å². The fourth-order valence-corrected chi connectivity index (χ4v) is 4.14. The molecule has 1 aromatic heterocycles. The van der Waals surface area contributed by atoms with Crippen LogP contribution in [0, 0.1) is 20.2 Å². The molecule has 0 bridgehead atoms. The van der Waals surface area contributed by atoms with Crippen LogP contribution in [0.3, 0.4) is 0 Å². The van der Waals surface area contributed by atoms with Crippen LogP contribution in [0.4, 0.5) is 17.1 Å². The molecule has 184 valence electrons. The van der Waals surface area contributed by atoms with Crippen LogP contribution in [0.15, 0.2) is 77.4 Å². The van der Waals surface area contributed by atoms with Gasteiger partial charge in [-0.1, -0.05) is 40.2 Å². The van der Waals surface area contributed by atoms with Gasteiger partial charge < -0.3 is 9.90 Å². The van der Waals surface area contributed by atoms with Crippen molar-refractivity contribution in [2.24, 2.45) is 0 Å². The van der Waals surface area contributed by atoms with Crippen LogP contribution in [0.1, 0.15) is 31.1 Å². The number of non-ortho nitro benzene ring substituents is 1. The van der Waals surface area contributed by atoms with Gasteiger partial charge in [0.25, 0.3) is 23.2 Å². The van der Waals surface area contributed by atoms with Crippen molar-refractivity contribution in [3.8, 4) is 0 Å². The number of fused-ring (bicyclic) bond motifs is 1. The quantitative estimate of drug-likeness (QED) is 0.192. The third kappa shape index (κ3) is 4.75. The number of anilines is 1. The molecule has 0 atom stereocenters. The molecule has 2 amide bonds. The van der Waals surface area contributed by atoms with Crippen LogP contribution in [0.5, 0.6) is 0 Å². The smallest absolute Gasteiger partial charge is 0.289 e. The maximum Gasteiger partial charge on any atom is 0.289 e. The van der Waals surface area contributed by atoms with E-state index in [2.05, 4.69) is 20.9 Å². The summed E-state index contributed by atoms with van der Waals surface area (Å²) in [6, 6.07) is 13.6. The molecule has 0 spiro atoms. The molecular weight excluding hydrogens is 552 g/mol. The molecule has 0 aliphatic carbocycles. The Balaban J connectivity index is 2.02. The van der Waals surface area contributed by atoms with Crippen LogP contribution in [-0.4, -0.2) is 32.6 Å². The summed E-state index contributed by atoms with van der Waals surface area (Å²) in [5.41, 5.74) is -3.10. The Morgan fingerprint density at radius 2 is 1.49 bits per heavy atom. The maximum atomic E-state index is 13.8. The number of hydrogen-bond acceptors (Lipinski definition) is 9. The van der Waals surface area contributed by atoms with Gasteiger partial charge in [-0.2, -0.15) is 0 Å². The van der Waals surface area contributed by atoms with E-state index in [0.717, 1.165) is 24.3 Å². The lowest BCUT2D eigenvalue weighted by Crippen LogP contribution is -2.39. The molecule has 12 nitrogen and oxygen atoms in total. The van der Waals surface area contributed by atoms with Crippen LogP contribution >= 0.6 is 15.9 Å². The zero-order chi connectivity index (χ0) is 26.9. The normalized spacial score (nSPS) is 10.6. The number of carbonyl (C=O) groups is 3. The Morgan fingerprint density at radius 3 is 2.14 bits per heavy atom. The number of carbonyl (C=O) groups excluding carboxylic acids is 3. The van der Waals surface area contributed by atoms with Crippen molar-refractivity contribution in [1.82, 2.24) is 4.98 Å². The lowest BCUT2D eigenvalue weighted by Gasteiger charge is -2.24. The molecule has 0 fully saturated rings. The summed E-state index contributed by atoms with van der Waals surface area (Å²) in [5, 5.41) is 35.1. The summed E-state index contributed by atoms with van der Waals surface area (Å²) in [6.07, 6.45) is 1.40. The molecule has 0 aliphatic heterocycles. The average molecular weight is 564 g/mol. The molecular formula is C24H12BrN4O8-. The van der Waals surface area contributed by atoms with Crippen LogP contribution in [-0.2, 0) is 0 Å². The van der Waals surface area contributed by atoms with Crippen molar-refractivity contribution in [1.29, 1.82) is 0 Å². The van der Waals surface area contributed by atoms with E-state index in [1.54, 1.807) is 18.2 Å². The van der Waals surface area contributed by atoms with Crippen molar-refractivity contribution in [2.45, 2.75) is 0 Å². The van der Waals surface area contributed by atoms with E-state index < -0.39 is 55.7 Å². The number of nitro benzene ring substituents is 2. The highest BCUT2D eigenvalue weighted by atomic mass is 79.9. The summed E-state index contributed by atoms with van der Waals surface area (Å²) < 4.78 is 0.417. The minimum absolute atomic E-state index is 0.110. The predicted octanol–water partition coefficient (Wildman–Crippen LogP) is 3.66. The minimum atomic E-state index is -1.69. The molecule has 3 aromatic carbocycles. The number of rotatable bonds is 6. The number of benzene rings is 3. The molecule has 13 heteroatoms. The molecule has 0 radical (unpaired) electrons. The second-order valence-electron chi connectivity index (χ2n) is 7.49. The number of aromatic carboxylic acids is 1. The summed E-state index contributed by atoms with van der Waals surface area (Å²) in [7, 11) is 0. The van der Waals surface area contributed by atoms with Gasteiger partial charge in [-0.25, -0.2) is 4.90 Å². The van der Waals surface area contributed by atoms with Crippen molar-refractivity contribution in [2.75, 3.05) is 4.90 Å². The highest BCUT2D eigenvalue weighted by Crippen LogP contribution is 2.34. The Labute approximate surface area is 215 Å². The average Bonchev–Trinajstić information content (AvgIpc) is 2.88. The van der Waals surface area contributed by atoms with E-state index in [1.165, 1.54) is 24.4 Å². The molecule has 0 aliphatic rings. The van der Waals surface area contributed by atoms with Crippen molar-refractivity contribution in [3.05, 3.63) is 114 Å². The highest BCUT2D eigenvalue weighted by molar-refractivity contribution is 9.10. The largest absolute Gasteiger partial charge is 0.545 e. The molecule has 1 heterocycles. The van der Waals surface area contributed by atoms with E-state index in [1.807, 2.05) is 0 Å². The van der Waals surface area contributed by atoms with Crippen molar-refractivity contribution in [3.63, 3.8) is 0 Å². The second kappa shape index (κ2) is 9.91. The molecule has 0 saturated carbocycles. The Morgan fingerprint density at radius 1 is 0.811 bits per heavy atom. The maximum absolute atomic E-state index is 13.8. The molecule has 37 heavy (non-hydrogen) atoms. The standard InChI is InChI=1S/C24H13BrN4O8/c25-14-10-13-4-3-9-26-21(13)20(11-14)27(22(30)16-5-1-2-6-17(16)24(32)33)23(31)18-8-7-15(28(34)35)12-19(18)29(36)37/h1-12H,(H,32,33)/p-1. The number of nitro groups is 2. The first-order chi connectivity index (χ1) is 17.6.